The Morgan fingerprint density at radius 2 is 1.80 bits per heavy atom. The minimum atomic E-state index is -4.25. The van der Waals surface area contributed by atoms with E-state index in [0.29, 0.717) is 11.2 Å². The van der Waals surface area contributed by atoms with Crippen molar-refractivity contribution in [1.29, 1.82) is 0 Å². The van der Waals surface area contributed by atoms with Crippen molar-refractivity contribution in [2.24, 2.45) is 0 Å². The van der Waals surface area contributed by atoms with Gasteiger partial charge in [0.05, 0.1) is 12.0 Å². The summed E-state index contributed by atoms with van der Waals surface area (Å²) >= 11 is 12.6. The van der Waals surface area contributed by atoms with Crippen molar-refractivity contribution < 1.29 is 45.7 Å². The number of hydrogen-bond donors (Lipinski definition) is 0. The van der Waals surface area contributed by atoms with Gasteiger partial charge >= 0.3 is 12.6 Å². The molecule has 0 radical (unpaired) electrons. The summed E-state index contributed by atoms with van der Waals surface area (Å²) < 4.78 is 70.3. The molecule has 1 fully saturated rings. The van der Waals surface area contributed by atoms with Crippen LogP contribution in [0.4, 0.5) is 8.78 Å². The summed E-state index contributed by atoms with van der Waals surface area (Å²) in [5.74, 6) is -1.65. The quantitative estimate of drug-likeness (QED) is 0.162. The molecule has 0 bridgehead atoms. The van der Waals surface area contributed by atoms with Crippen LogP contribution < -0.4 is 14.2 Å². The van der Waals surface area contributed by atoms with Gasteiger partial charge in [-0.15, -0.1) is 0 Å². The van der Waals surface area contributed by atoms with Crippen LogP contribution in [0.25, 0.3) is 0 Å². The van der Waals surface area contributed by atoms with Gasteiger partial charge in [-0.05, 0) is 48.7 Å². The van der Waals surface area contributed by atoms with Gasteiger partial charge in [0.1, 0.15) is 22.2 Å². The minimum absolute atomic E-state index is 0.0198. The van der Waals surface area contributed by atoms with Crippen molar-refractivity contribution in [3.63, 3.8) is 0 Å². The molecule has 1 aliphatic heterocycles. The maximum atomic E-state index is 13.7. The number of hydrogen-bond acceptors (Lipinski definition) is 8. The lowest BCUT2D eigenvalue weighted by Gasteiger charge is -2.26. The van der Waals surface area contributed by atoms with Crippen LogP contribution in [0, 0.1) is 5.21 Å². The van der Waals surface area contributed by atoms with E-state index in [0.717, 1.165) is 16.7 Å². The SMILES string of the molecule is COc1cc(C(Cc2c(Cl)c[n+]([O-])cc2Cl)OC(=O)C2CCCN2S(=O)(=O)c2cccc(C(=O)N(C)C)c2)ccc1OC(F)F. The molecule has 1 amide bonds. The standard InChI is InChI=1S/C29H29Cl2F2N3O8S/c1-34(2)27(37)18-6-4-7-19(12-18)45(40,41)36-11-5-8-23(36)28(38)43-25(14-20-21(30)15-35(39)16-22(20)31)17-9-10-24(44-29(32)33)26(13-17)42-3/h4,6-7,9-10,12-13,15-16,23,25,29H,5,8,11,14H2,1-3H3. The van der Waals surface area contributed by atoms with Crippen LogP contribution in [-0.2, 0) is 26.0 Å². The maximum Gasteiger partial charge on any atom is 0.387 e. The van der Waals surface area contributed by atoms with Crippen molar-refractivity contribution >= 4 is 45.1 Å². The highest BCUT2D eigenvalue weighted by Gasteiger charge is 2.41. The lowest BCUT2D eigenvalue weighted by molar-refractivity contribution is -0.605. The minimum Gasteiger partial charge on any atom is -0.619 e. The summed E-state index contributed by atoms with van der Waals surface area (Å²) in [6.07, 6.45) is 1.26. The summed E-state index contributed by atoms with van der Waals surface area (Å²) in [6.45, 7) is -3.11. The van der Waals surface area contributed by atoms with E-state index < -0.39 is 40.7 Å². The summed E-state index contributed by atoms with van der Waals surface area (Å²) in [6, 6.07) is 8.19. The van der Waals surface area contributed by atoms with Crippen LogP contribution in [0.2, 0.25) is 10.0 Å². The fourth-order valence-electron chi connectivity index (χ4n) is 4.88. The monoisotopic (exact) mass is 687 g/mol. The van der Waals surface area contributed by atoms with Crippen LogP contribution in [0.1, 0.15) is 40.4 Å². The first-order chi connectivity index (χ1) is 21.2. The van der Waals surface area contributed by atoms with Gasteiger partial charge in [-0.2, -0.15) is 17.8 Å². The molecule has 2 atom stereocenters. The highest BCUT2D eigenvalue weighted by atomic mass is 35.5. The Kier molecular flexibility index (Phi) is 10.7. The van der Waals surface area contributed by atoms with Crippen molar-refractivity contribution in [3.05, 3.63) is 86.8 Å². The van der Waals surface area contributed by atoms with Gasteiger partial charge in [-0.1, -0.05) is 35.3 Å². The van der Waals surface area contributed by atoms with Crippen LogP contribution in [0.3, 0.4) is 0 Å². The number of alkyl halides is 2. The largest absolute Gasteiger partial charge is 0.619 e. The number of carbonyl (C=O) groups excluding carboxylic acids is 2. The molecule has 0 aliphatic carbocycles. The third-order valence-electron chi connectivity index (χ3n) is 7.05. The lowest BCUT2D eigenvalue weighted by Crippen LogP contribution is -2.42. The van der Waals surface area contributed by atoms with Crippen molar-refractivity contribution in [3.8, 4) is 11.5 Å². The Hall–Kier alpha value is -3.72. The van der Waals surface area contributed by atoms with Crippen molar-refractivity contribution in [1.82, 2.24) is 9.21 Å². The topological polar surface area (TPSA) is 129 Å². The highest BCUT2D eigenvalue weighted by Crippen LogP contribution is 2.37. The maximum absolute atomic E-state index is 13.7. The molecular weight excluding hydrogens is 659 g/mol. The number of nitrogens with zero attached hydrogens (tertiary/aromatic N) is 3. The first-order valence-electron chi connectivity index (χ1n) is 13.5. The Balaban J connectivity index is 1.68. The van der Waals surface area contributed by atoms with Gasteiger partial charge in [-0.3, -0.25) is 9.59 Å². The molecule has 3 aromatic rings. The number of esters is 1. The molecule has 1 aromatic heterocycles. The second-order valence-electron chi connectivity index (χ2n) is 10.2. The Bertz CT molecular complexity index is 1670. The lowest BCUT2D eigenvalue weighted by atomic mass is 10.0. The average molecular weight is 689 g/mol. The van der Waals surface area contributed by atoms with E-state index in [9.17, 15) is 32.0 Å². The molecule has 2 heterocycles. The van der Waals surface area contributed by atoms with Gasteiger partial charge in [0, 0.05) is 38.2 Å². The van der Waals surface area contributed by atoms with E-state index >= 15 is 0 Å². The highest BCUT2D eigenvalue weighted by molar-refractivity contribution is 7.89. The van der Waals surface area contributed by atoms with E-state index in [1.54, 1.807) is 0 Å². The van der Waals surface area contributed by atoms with Crippen LogP contribution in [0.5, 0.6) is 11.5 Å². The number of carbonyl (C=O) groups is 2. The molecule has 11 nitrogen and oxygen atoms in total. The number of halogens is 4. The number of sulfonamides is 1. The fraction of sp³-hybridized carbons (Fsp3) is 0.345. The summed E-state index contributed by atoms with van der Waals surface area (Å²) in [5.41, 5.74) is 0.659. The van der Waals surface area contributed by atoms with E-state index in [4.69, 9.17) is 32.7 Å². The predicted molar refractivity (Wildman–Crippen MR) is 159 cm³/mol. The van der Waals surface area contributed by atoms with Gasteiger partial charge < -0.3 is 24.3 Å². The number of benzene rings is 2. The Morgan fingerprint density at radius 3 is 2.42 bits per heavy atom. The number of rotatable bonds is 11. The molecule has 2 unspecified atom stereocenters. The van der Waals surface area contributed by atoms with Crippen LogP contribution in [0.15, 0.2) is 59.8 Å². The second-order valence-corrected chi connectivity index (χ2v) is 12.9. The molecule has 0 saturated carbocycles. The normalized spacial score (nSPS) is 16.0. The Morgan fingerprint density at radius 1 is 1.11 bits per heavy atom. The second kappa shape index (κ2) is 14.1. The zero-order valence-corrected chi connectivity index (χ0v) is 26.6. The van der Waals surface area contributed by atoms with Gasteiger partial charge in [0.15, 0.2) is 23.9 Å². The van der Waals surface area contributed by atoms with E-state index in [2.05, 4.69) is 4.74 Å². The zero-order chi connectivity index (χ0) is 33.1. The number of aromatic nitrogens is 1. The van der Waals surface area contributed by atoms with Crippen LogP contribution >= 0.6 is 23.2 Å². The smallest absolute Gasteiger partial charge is 0.387 e. The summed E-state index contributed by atoms with van der Waals surface area (Å²) in [5, 5.41) is 11.8. The average Bonchev–Trinajstić information content (AvgIpc) is 3.49. The van der Waals surface area contributed by atoms with Crippen molar-refractivity contribution in [2.45, 2.75) is 42.9 Å². The molecule has 45 heavy (non-hydrogen) atoms. The molecule has 2 aromatic carbocycles. The third kappa shape index (κ3) is 7.75. The van der Waals surface area contributed by atoms with E-state index in [1.165, 1.54) is 68.6 Å². The predicted octanol–water partition coefficient (Wildman–Crippen LogP) is 4.62. The number of ether oxygens (including phenoxy) is 3. The zero-order valence-electron chi connectivity index (χ0n) is 24.3. The van der Waals surface area contributed by atoms with E-state index in [1.807, 2.05) is 0 Å². The third-order valence-corrected chi connectivity index (χ3v) is 9.61. The molecule has 4 rings (SSSR count). The fourth-order valence-corrected chi connectivity index (χ4v) is 7.17. The number of methoxy groups -OCH3 is 1. The summed E-state index contributed by atoms with van der Waals surface area (Å²) in [7, 11) is 0.0641. The molecule has 1 saturated heterocycles. The number of pyridine rings is 1. The molecule has 242 valence electrons. The molecule has 1 aliphatic rings. The van der Waals surface area contributed by atoms with Gasteiger partial charge in [0.25, 0.3) is 5.91 Å². The van der Waals surface area contributed by atoms with Gasteiger partial charge in [0.2, 0.25) is 10.0 Å². The van der Waals surface area contributed by atoms with E-state index in [-0.39, 0.29) is 62.5 Å². The molecule has 0 N–H and O–H groups in total. The number of amides is 1. The molecule has 0 spiro atoms. The molecular formula is C29H29Cl2F2N3O8S. The first kappa shape index (κ1) is 34.2. The molecule has 16 heteroatoms. The Labute approximate surface area is 268 Å². The van der Waals surface area contributed by atoms with Crippen LogP contribution in [-0.4, -0.2) is 69.9 Å². The van der Waals surface area contributed by atoms with Gasteiger partial charge in [-0.25, -0.2) is 8.42 Å². The first-order valence-corrected chi connectivity index (χ1v) is 15.7. The van der Waals surface area contributed by atoms with Crippen molar-refractivity contribution in [2.75, 3.05) is 27.7 Å². The summed E-state index contributed by atoms with van der Waals surface area (Å²) in [4.78, 5) is 27.3.